The number of allylic oxidation sites excluding steroid dienone is 9. The molecule has 52 heavy (non-hydrogen) atoms. The number of hydrogen-bond acceptors (Lipinski definition) is 2. The normalized spacial score (nSPS) is 29.6. The molecule has 0 amide bonds. The summed E-state index contributed by atoms with van der Waals surface area (Å²) < 4.78 is 16.7. The first-order valence-electron chi connectivity index (χ1n) is 19.1. The molecule has 3 heteroatoms. The van der Waals surface area contributed by atoms with E-state index < -0.39 is 0 Å². The molecule has 1 fully saturated rings. The van der Waals surface area contributed by atoms with Crippen molar-refractivity contribution in [1.29, 1.82) is 0 Å². The summed E-state index contributed by atoms with van der Waals surface area (Å²) in [6.07, 6.45) is 32.2. The highest BCUT2D eigenvalue weighted by atomic mass is 16.5. The Hall–Kier alpha value is -5.38. The predicted octanol–water partition coefficient (Wildman–Crippen LogP) is 11.3. The van der Waals surface area contributed by atoms with Crippen LogP contribution in [0.5, 0.6) is 5.75 Å². The number of fused-ring (bicyclic) bond motifs is 11. The van der Waals surface area contributed by atoms with Gasteiger partial charge in [-0.2, -0.15) is 0 Å². The van der Waals surface area contributed by atoms with E-state index in [1.54, 1.807) is 0 Å². The van der Waals surface area contributed by atoms with Crippen molar-refractivity contribution >= 4 is 27.4 Å². The van der Waals surface area contributed by atoms with Crippen molar-refractivity contribution in [1.82, 2.24) is 4.57 Å². The lowest BCUT2D eigenvalue weighted by Gasteiger charge is -2.60. The van der Waals surface area contributed by atoms with E-state index in [0.717, 1.165) is 31.4 Å². The number of para-hydroxylation sites is 2. The molecule has 1 spiro atoms. The highest BCUT2D eigenvalue weighted by Gasteiger charge is 2.62. The lowest BCUT2D eigenvalue weighted by molar-refractivity contribution is -0.0776. The number of rotatable bonds is 3. The van der Waals surface area contributed by atoms with E-state index in [9.17, 15) is 0 Å². The van der Waals surface area contributed by atoms with Crippen molar-refractivity contribution in [2.24, 2.45) is 11.8 Å². The average Bonchev–Trinajstić information content (AvgIpc) is 3.54. The van der Waals surface area contributed by atoms with Crippen LogP contribution in [0.4, 0.5) is 0 Å². The SMILES string of the molecule is C1=CCC2OC3C=C(c4ccc5c6ccccc6n(-c6ccccc6)c5c4)C=CC3C3(C2=C1)c1c(cccc1C1C=CC=CC1)OC1C=CCCC13. The molecule has 7 unspecified atom stereocenters. The first-order valence-corrected chi connectivity index (χ1v) is 19.1. The fourth-order valence-corrected chi connectivity index (χ4v) is 10.6. The van der Waals surface area contributed by atoms with E-state index in [0.29, 0.717) is 11.8 Å². The molecule has 0 bridgehead atoms. The molecule has 7 atom stereocenters. The largest absolute Gasteiger partial charge is 0.486 e. The Labute approximate surface area is 305 Å². The van der Waals surface area contributed by atoms with Gasteiger partial charge in [0.25, 0.3) is 0 Å². The van der Waals surface area contributed by atoms with Crippen molar-refractivity contribution < 1.29 is 9.47 Å². The van der Waals surface area contributed by atoms with Gasteiger partial charge in [0, 0.05) is 45.2 Å². The summed E-state index contributed by atoms with van der Waals surface area (Å²) in [6, 6.07) is 33.3. The highest BCUT2D eigenvalue weighted by Crippen LogP contribution is 2.63. The second-order valence-corrected chi connectivity index (χ2v) is 15.2. The summed E-state index contributed by atoms with van der Waals surface area (Å²) >= 11 is 0. The Morgan fingerprint density at radius 1 is 0.712 bits per heavy atom. The Bertz CT molecular complexity index is 2470. The molecule has 0 radical (unpaired) electrons. The summed E-state index contributed by atoms with van der Waals surface area (Å²) in [7, 11) is 0. The Morgan fingerprint density at radius 3 is 2.52 bits per heavy atom. The molecule has 2 aliphatic heterocycles. The molecule has 11 rings (SSSR count). The van der Waals surface area contributed by atoms with Gasteiger partial charge in [-0.25, -0.2) is 0 Å². The molecule has 4 aromatic carbocycles. The van der Waals surface area contributed by atoms with Crippen molar-refractivity contribution in [3.05, 3.63) is 186 Å². The van der Waals surface area contributed by atoms with E-state index in [4.69, 9.17) is 9.47 Å². The quantitative estimate of drug-likeness (QED) is 0.178. The van der Waals surface area contributed by atoms with Crippen LogP contribution in [0.1, 0.15) is 48.3 Å². The summed E-state index contributed by atoms with van der Waals surface area (Å²) in [5.41, 5.74) is 10.1. The van der Waals surface area contributed by atoms with Crippen LogP contribution in [0.3, 0.4) is 0 Å². The van der Waals surface area contributed by atoms with Gasteiger partial charge >= 0.3 is 0 Å². The maximum absolute atomic E-state index is 7.25. The van der Waals surface area contributed by atoms with E-state index >= 15 is 0 Å². The number of nitrogens with zero attached hydrogens (tertiary/aromatic N) is 1. The van der Waals surface area contributed by atoms with Crippen LogP contribution in [0.2, 0.25) is 0 Å². The highest BCUT2D eigenvalue weighted by molar-refractivity contribution is 6.10. The van der Waals surface area contributed by atoms with Gasteiger partial charge in [0.1, 0.15) is 11.9 Å². The van der Waals surface area contributed by atoms with Crippen LogP contribution in [0.25, 0.3) is 33.1 Å². The van der Waals surface area contributed by atoms with Crippen LogP contribution in [0.15, 0.2) is 169 Å². The van der Waals surface area contributed by atoms with Gasteiger partial charge in [0.2, 0.25) is 0 Å². The maximum atomic E-state index is 7.25. The zero-order chi connectivity index (χ0) is 34.2. The Kier molecular flexibility index (Phi) is 6.89. The first-order chi connectivity index (χ1) is 25.8. The molecule has 5 aromatic rings. The standard InChI is InChI=1S/C49H41NO2/c1-3-14-32(15-4-1)36-19-13-25-46-48(36)49(39-20-8-11-23-44(39)51-46)40-21-9-12-24-45(40)52-47-31-34(27-29-41(47)49)33-26-28-38-37-18-7-10-22-42(37)50(43(38)30-33)35-16-5-2-6-17-35/h1-7,9-14,16-19,21-23,25-32,39,41,44-45,47H,8,15,20,24H2. The first kappa shape index (κ1) is 30.3. The van der Waals surface area contributed by atoms with Crippen molar-refractivity contribution in [3.8, 4) is 11.4 Å². The molecule has 1 saturated heterocycles. The predicted molar refractivity (Wildman–Crippen MR) is 212 cm³/mol. The third-order valence-electron chi connectivity index (χ3n) is 12.7. The smallest absolute Gasteiger partial charge is 0.124 e. The fourth-order valence-electron chi connectivity index (χ4n) is 10.6. The maximum Gasteiger partial charge on any atom is 0.124 e. The third kappa shape index (κ3) is 4.36. The topological polar surface area (TPSA) is 23.4 Å². The molecule has 6 aliphatic rings. The summed E-state index contributed by atoms with van der Waals surface area (Å²) in [6.45, 7) is 0. The molecule has 3 heterocycles. The number of aromatic nitrogens is 1. The Morgan fingerprint density at radius 2 is 1.60 bits per heavy atom. The number of ether oxygens (including phenoxy) is 2. The number of hydrogen-bond donors (Lipinski definition) is 0. The molecule has 3 nitrogen and oxygen atoms in total. The van der Waals surface area contributed by atoms with Gasteiger partial charge in [0.15, 0.2) is 0 Å². The molecule has 1 aromatic heterocycles. The van der Waals surface area contributed by atoms with Crippen LogP contribution in [0, 0.1) is 11.8 Å². The second kappa shape index (κ2) is 11.8. The minimum atomic E-state index is -0.255. The molecular formula is C49H41NO2. The second-order valence-electron chi connectivity index (χ2n) is 15.2. The van der Waals surface area contributed by atoms with E-state index in [2.05, 4.69) is 168 Å². The van der Waals surface area contributed by atoms with Crippen molar-refractivity contribution in [3.63, 3.8) is 0 Å². The van der Waals surface area contributed by atoms with Gasteiger partial charge in [-0.1, -0.05) is 121 Å². The summed E-state index contributed by atoms with van der Waals surface area (Å²) in [5.74, 6) is 1.81. The van der Waals surface area contributed by atoms with E-state index in [1.807, 2.05) is 0 Å². The molecule has 0 N–H and O–H groups in total. The van der Waals surface area contributed by atoms with Crippen LogP contribution in [-0.4, -0.2) is 22.9 Å². The zero-order valence-electron chi connectivity index (χ0n) is 29.1. The molecular weight excluding hydrogens is 635 g/mol. The van der Waals surface area contributed by atoms with Gasteiger partial charge in [-0.3, -0.25) is 0 Å². The van der Waals surface area contributed by atoms with Crippen LogP contribution < -0.4 is 4.74 Å². The summed E-state index contributed by atoms with van der Waals surface area (Å²) in [4.78, 5) is 0. The van der Waals surface area contributed by atoms with Gasteiger partial charge < -0.3 is 14.0 Å². The van der Waals surface area contributed by atoms with Crippen LogP contribution >= 0.6 is 0 Å². The average molecular weight is 676 g/mol. The lowest BCUT2D eigenvalue weighted by atomic mass is 9.49. The zero-order valence-corrected chi connectivity index (χ0v) is 29.1. The Balaban J connectivity index is 1.09. The van der Waals surface area contributed by atoms with Crippen LogP contribution in [-0.2, 0) is 10.2 Å². The van der Waals surface area contributed by atoms with Crippen molar-refractivity contribution in [2.45, 2.75) is 55.3 Å². The third-order valence-corrected chi connectivity index (χ3v) is 12.7. The molecule has 0 saturated carbocycles. The molecule has 4 aliphatic carbocycles. The number of benzene rings is 4. The summed E-state index contributed by atoms with van der Waals surface area (Å²) in [5, 5.41) is 2.55. The molecule has 254 valence electrons. The fraction of sp³-hybridized carbons (Fsp3) is 0.224. The van der Waals surface area contributed by atoms with E-state index in [1.165, 1.54) is 55.3 Å². The van der Waals surface area contributed by atoms with Gasteiger partial charge in [-0.05, 0) is 90.4 Å². The van der Waals surface area contributed by atoms with Crippen molar-refractivity contribution in [2.75, 3.05) is 0 Å². The monoisotopic (exact) mass is 675 g/mol. The van der Waals surface area contributed by atoms with E-state index in [-0.39, 0.29) is 29.6 Å². The van der Waals surface area contributed by atoms with Gasteiger partial charge in [-0.15, -0.1) is 0 Å². The minimum absolute atomic E-state index is 0.0192. The lowest BCUT2D eigenvalue weighted by Crippen LogP contribution is -2.61. The van der Waals surface area contributed by atoms with Gasteiger partial charge in [0.05, 0.1) is 23.2 Å². The minimum Gasteiger partial charge on any atom is -0.486 e.